The van der Waals surface area contributed by atoms with E-state index in [-0.39, 0.29) is 5.91 Å². The van der Waals surface area contributed by atoms with E-state index < -0.39 is 0 Å². The maximum atomic E-state index is 12.8. The summed E-state index contributed by atoms with van der Waals surface area (Å²) in [7, 11) is 3.37. The molecule has 2 aromatic carbocycles. The van der Waals surface area contributed by atoms with Gasteiger partial charge in [0.25, 0.3) is 0 Å². The molecule has 5 heteroatoms. The Bertz CT molecular complexity index is 774. The molecule has 0 unspecified atom stereocenters. The van der Waals surface area contributed by atoms with Gasteiger partial charge < -0.3 is 14.4 Å². The average molecular weight is 411 g/mol. The summed E-state index contributed by atoms with van der Waals surface area (Å²) in [5.74, 6) is 2.01. The van der Waals surface area contributed by atoms with Gasteiger partial charge in [-0.25, -0.2) is 0 Å². The van der Waals surface area contributed by atoms with Crippen LogP contribution in [0.1, 0.15) is 43.2 Å². The third kappa shape index (κ3) is 6.77. The number of hydrogen-bond acceptors (Lipinski definition) is 4. The van der Waals surface area contributed by atoms with Crippen LogP contribution in [-0.4, -0.2) is 49.6 Å². The van der Waals surface area contributed by atoms with Gasteiger partial charge in [0.1, 0.15) is 11.5 Å². The van der Waals surface area contributed by atoms with Crippen LogP contribution in [0.3, 0.4) is 0 Å². The van der Waals surface area contributed by atoms with Crippen LogP contribution >= 0.6 is 0 Å². The normalized spacial score (nSPS) is 16.7. The Morgan fingerprint density at radius 3 is 1.87 bits per heavy atom. The van der Waals surface area contributed by atoms with Gasteiger partial charge in [0.05, 0.1) is 14.2 Å². The predicted molar refractivity (Wildman–Crippen MR) is 120 cm³/mol. The predicted octanol–water partition coefficient (Wildman–Crippen LogP) is 4.50. The van der Waals surface area contributed by atoms with Gasteiger partial charge in [-0.1, -0.05) is 30.7 Å². The molecule has 1 saturated heterocycles. The smallest absolute Gasteiger partial charge is 0.222 e. The fourth-order valence-electron chi connectivity index (χ4n) is 3.93. The van der Waals surface area contributed by atoms with Gasteiger partial charge in [-0.15, -0.1) is 0 Å². The number of amides is 1. The molecule has 1 heterocycles. The molecule has 2 aromatic rings. The Kier molecular flexibility index (Phi) is 8.57. The summed E-state index contributed by atoms with van der Waals surface area (Å²) in [6, 6.07) is 16.4. The molecule has 3 rings (SSSR count). The Balaban J connectivity index is 1.60. The van der Waals surface area contributed by atoms with Crippen molar-refractivity contribution in [3.8, 4) is 11.5 Å². The number of ether oxygens (including phenoxy) is 2. The van der Waals surface area contributed by atoms with E-state index in [0.29, 0.717) is 13.0 Å². The second-order valence-corrected chi connectivity index (χ2v) is 7.95. The van der Waals surface area contributed by atoms with Crippen LogP contribution in [0.2, 0.25) is 0 Å². The first-order chi connectivity index (χ1) is 14.7. The molecule has 0 spiro atoms. The minimum atomic E-state index is 0.273. The molecule has 5 nitrogen and oxygen atoms in total. The second-order valence-electron chi connectivity index (χ2n) is 7.95. The summed E-state index contributed by atoms with van der Waals surface area (Å²) < 4.78 is 10.5. The number of benzene rings is 2. The molecular formula is C25H34N2O3. The van der Waals surface area contributed by atoms with E-state index in [4.69, 9.17) is 9.47 Å². The van der Waals surface area contributed by atoms with Crippen LogP contribution in [0.4, 0.5) is 0 Å². The Labute approximate surface area is 180 Å². The highest BCUT2D eigenvalue weighted by Gasteiger charge is 2.16. The molecule has 30 heavy (non-hydrogen) atoms. The van der Waals surface area contributed by atoms with Crippen molar-refractivity contribution in [2.45, 2.75) is 45.2 Å². The van der Waals surface area contributed by atoms with E-state index in [2.05, 4.69) is 17.0 Å². The lowest BCUT2D eigenvalue weighted by Gasteiger charge is -2.25. The lowest BCUT2D eigenvalue weighted by molar-refractivity contribution is -0.132. The van der Waals surface area contributed by atoms with Crippen LogP contribution in [0, 0.1) is 0 Å². The van der Waals surface area contributed by atoms with E-state index in [1.807, 2.05) is 41.3 Å². The zero-order valence-corrected chi connectivity index (χ0v) is 18.3. The summed E-state index contributed by atoms with van der Waals surface area (Å²) in [6.45, 7) is 4.48. The number of rotatable bonds is 6. The van der Waals surface area contributed by atoms with Crippen molar-refractivity contribution in [2.75, 3.05) is 33.9 Å². The molecule has 1 fully saturated rings. The standard InChI is InChI=1S/C25H34N2O3/c1-29-23-12-8-21(9-13-23)19-26-16-5-3-4-7-25(28)27(18-6-17-26)20-22-10-14-24(30-2)15-11-22/h8-15H,3-7,16-20H2,1-2H3. The van der Waals surface area contributed by atoms with Crippen molar-refractivity contribution >= 4 is 5.91 Å². The topological polar surface area (TPSA) is 42.0 Å². The first kappa shape index (κ1) is 22.2. The lowest BCUT2D eigenvalue weighted by Crippen LogP contribution is -2.33. The van der Waals surface area contributed by atoms with Gasteiger partial charge >= 0.3 is 0 Å². The van der Waals surface area contributed by atoms with E-state index in [1.165, 1.54) is 5.56 Å². The molecule has 0 aliphatic carbocycles. The molecule has 0 saturated carbocycles. The zero-order valence-electron chi connectivity index (χ0n) is 18.3. The summed E-state index contributed by atoms with van der Waals surface area (Å²) >= 11 is 0. The molecule has 0 radical (unpaired) electrons. The first-order valence-electron chi connectivity index (χ1n) is 10.9. The summed E-state index contributed by atoms with van der Waals surface area (Å²) in [5, 5.41) is 0. The number of carbonyl (C=O) groups is 1. The number of methoxy groups -OCH3 is 2. The maximum absolute atomic E-state index is 12.8. The first-order valence-corrected chi connectivity index (χ1v) is 10.9. The fourth-order valence-corrected chi connectivity index (χ4v) is 3.93. The summed E-state index contributed by atoms with van der Waals surface area (Å²) in [5.41, 5.74) is 2.45. The average Bonchev–Trinajstić information content (AvgIpc) is 2.81. The summed E-state index contributed by atoms with van der Waals surface area (Å²) in [6.07, 6.45) is 4.84. The van der Waals surface area contributed by atoms with Crippen molar-refractivity contribution in [3.63, 3.8) is 0 Å². The van der Waals surface area contributed by atoms with Gasteiger partial charge in [-0.05, 0) is 61.2 Å². The van der Waals surface area contributed by atoms with Gasteiger partial charge in [0.15, 0.2) is 0 Å². The SMILES string of the molecule is COc1ccc(CN2CCCCCC(=O)N(Cc3ccc(OC)cc3)CCC2)cc1. The molecule has 0 N–H and O–H groups in total. The van der Waals surface area contributed by atoms with Crippen LogP contribution < -0.4 is 9.47 Å². The molecule has 1 aliphatic rings. The fraction of sp³-hybridized carbons (Fsp3) is 0.480. The van der Waals surface area contributed by atoms with Crippen molar-refractivity contribution in [1.29, 1.82) is 0 Å². The molecule has 162 valence electrons. The Hall–Kier alpha value is -2.53. The van der Waals surface area contributed by atoms with Crippen molar-refractivity contribution < 1.29 is 14.3 Å². The monoisotopic (exact) mass is 410 g/mol. The highest BCUT2D eigenvalue weighted by Crippen LogP contribution is 2.17. The third-order valence-corrected chi connectivity index (χ3v) is 5.72. The van der Waals surface area contributed by atoms with Crippen molar-refractivity contribution in [2.24, 2.45) is 0 Å². The van der Waals surface area contributed by atoms with Crippen LogP contribution in [0.25, 0.3) is 0 Å². The zero-order chi connectivity index (χ0) is 21.2. The largest absolute Gasteiger partial charge is 0.497 e. The maximum Gasteiger partial charge on any atom is 0.222 e. The Morgan fingerprint density at radius 2 is 1.27 bits per heavy atom. The van der Waals surface area contributed by atoms with Crippen LogP contribution in [0.15, 0.2) is 48.5 Å². The van der Waals surface area contributed by atoms with Gasteiger partial charge in [0.2, 0.25) is 5.91 Å². The Morgan fingerprint density at radius 1 is 0.700 bits per heavy atom. The van der Waals surface area contributed by atoms with E-state index in [0.717, 1.165) is 68.9 Å². The van der Waals surface area contributed by atoms with E-state index in [9.17, 15) is 4.79 Å². The van der Waals surface area contributed by atoms with Crippen LogP contribution in [0.5, 0.6) is 11.5 Å². The lowest BCUT2D eigenvalue weighted by atomic mass is 10.1. The minimum Gasteiger partial charge on any atom is -0.497 e. The second kappa shape index (κ2) is 11.6. The molecular weight excluding hydrogens is 376 g/mol. The quantitative estimate of drug-likeness (QED) is 0.703. The number of carbonyl (C=O) groups excluding carboxylic acids is 1. The number of hydrogen-bond donors (Lipinski definition) is 0. The third-order valence-electron chi connectivity index (χ3n) is 5.72. The van der Waals surface area contributed by atoms with Crippen LogP contribution in [-0.2, 0) is 17.9 Å². The van der Waals surface area contributed by atoms with E-state index >= 15 is 0 Å². The number of nitrogens with zero attached hydrogens (tertiary/aromatic N) is 2. The highest BCUT2D eigenvalue weighted by atomic mass is 16.5. The molecule has 0 atom stereocenters. The van der Waals surface area contributed by atoms with Gasteiger partial charge in [-0.3, -0.25) is 9.69 Å². The minimum absolute atomic E-state index is 0.273. The molecule has 0 bridgehead atoms. The van der Waals surface area contributed by atoms with Crippen molar-refractivity contribution in [1.82, 2.24) is 9.80 Å². The van der Waals surface area contributed by atoms with Gasteiger partial charge in [0, 0.05) is 32.6 Å². The molecule has 0 aromatic heterocycles. The van der Waals surface area contributed by atoms with Gasteiger partial charge in [-0.2, -0.15) is 0 Å². The van der Waals surface area contributed by atoms with E-state index in [1.54, 1.807) is 14.2 Å². The van der Waals surface area contributed by atoms with Crippen molar-refractivity contribution in [3.05, 3.63) is 59.7 Å². The molecule has 1 aliphatic heterocycles. The summed E-state index contributed by atoms with van der Waals surface area (Å²) in [4.78, 5) is 17.3. The highest BCUT2D eigenvalue weighted by molar-refractivity contribution is 5.76. The molecule has 1 amide bonds.